The smallest absolute Gasteiger partial charge is 0.245 e. The maximum Gasteiger partial charge on any atom is 0.245 e. The number of β-amino-alcohol motifs (C(OH)–C–C–N with tert-alkyl or cyclic N) is 1. The van der Waals surface area contributed by atoms with Gasteiger partial charge in [0.2, 0.25) is 5.91 Å². The first kappa shape index (κ1) is 15.7. The van der Waals surface area contributed by atoms with Crippen LogP contribution in [0.25, 0.3) is 0 Å². The van der Waals surface area contributed by atoms with Gasteiger partial charge in [0.25, 0.3) is 0 Å². The van der Waals surface area contributed by atoms with Crippen molar-refractivity contribution in [1.82, 2.24) is 9.47 Å². The molecule has 3 atom stereocenters. The predicted octanol–water partition coefficient (Wildman–Crippen LogP) is 2.66. The summed E-state index contributed by atoms with van der Waals surface area (Å²) in [4.78, 5) is 14.2. The summed E-state index contributed by atoms with van der Waals surface area (Å²) in [5.74, 6) is -1.36. The lowest BCUT2D eigenvalue weighted by Crippen LogP contribution is -2.36. The van der Waals surface area contributed by atoms with Crippen LogP contribution in [0.2, 0.25) is 0 Å². The number of aromatic nitrogens is 1. The van der Waals surface area contributed by atoms with E-state index < -0.39 is 29.8 Å². The molecule has 3 unspecified atom stereocenters. The molecule has 1 amide bonds. The summed E-state index contributed by atoms with van der Waals surface area (Å²) in [7, 11) is 0. The summed E-state index contributed by atoms with van der Waals surface area (Å²) < 4.78 is 29.3. The Balaban J connectivity index is 1.90. The first-order valence-electron chi connectivity index (χ1n) is 7.53. The molecule has 3 rings (SSSR count). The third-order valence-electron chi connectivity index (χ3n) is 4.31. The van der Waals surface area contributed by atoms with Crippen molar-refractivity contribution in [2.45, 2.75) is 31.5 Å². The molecule has 1 saturated heterocycles. The van der Waals surface area contributed by atoms with E-state index in [9.17, 15) is 18.7 Å². The van der Waals surface area contributed by atoms with Gasteiger partial charge in [-0.05, 0) is 43.7 Å². The molecule has 0 radical (unpaired) electrons. The van der Waals surface area contributed by atoms with E-state index in [0.29, 0.717) is 0 Å². The molecule has 122 valence electrons. The number of benzene rings is 1. The van der Waals surface area contributed by atoms with Gasteiger partial charge in [-0.3, -0.25) is 4.79 Å². The molecule has 1 fully saturated rings. The summed E-state index contributed by atoms with van der Waals surface area (Å²) in [6.45, 7) is 1.86. The van der Waals surface area contributed by atoms with Crippen molar-refractivity contribution in [1.29, 1.82) is 0 Å². The molecule has 1 N–H and O–H groups in total. The Hall–Kier alpha value is -2.21. The molecule has 1 aromatic heterocycles. The average Bonchev–Trinajstić information content (AvgIpc) is 3.17. The van der Waals surface area contributed by atoms with Crippen molar-refractivity contribution >= 4 is 5.91 Å². The lowest BCUT2D eigenvalue weighted by atomic mass is 10.0. The quantitative estimate of drug-likeness (QED) is 0.945. The molecule has 23 heavy (non-hydrogen) atoms. The van der Waals surface area contributed by atoms with Gasteiger partial charge in [-0.25, -0.2) is 8.78 Å². The fourth-order valence-electron chi connectivity index (χ4n) is 3.10. The van der Waals surface area contributed by atoms with E-state index in [0.717, 1.165) is 18.2 Å². The largest absolute Gasteiger partial charge is 0.391 e. The molecular formula is C17H18F2N2O2. The Labute approximate surface area is 133 Å². The summed E-state index contributed by atoms with van der Waals surface area (Å²) >= 11 is 0. The Kier molecular flexibility index (Phi) is 4.17. The summed E-state index contributed by atoms with van der Waals surface area (Å²) in [5.41, 5.74) is 0.106. The molecule has 2 heterocycles. The SMILES string of the molecule is CC(C(=O)N1CC(O)CC1c1cc(F)ccc1F)n1cccc1. The average molecular weight is 320 g/mol. The number of likely N-dealkylation sites (tertiary alicyclic amines) is 1. The Morgan fingerprint density at radius 2 is 2.00 bits per heavy atom. The van der Waals surface area contributed by atoms with E-state index in [4.69, 9.17) is 0 Å². The van der Waals surface area contributed by atoms with Crippen LogP contribution >= 0.6 is 0 Å². The van der Waals surface area contributed by atoms with Gasteiger partial charge in [0.1, 0.15) is 17.7 Å². The molecule has 0 saturated carbocycles. The number of nitrogens with zero attached hydrogens (tertiary/aromatic N) is 2. The van der Waals surface area contributed by atoms with E-state index in [-0.39, 0.29) is 24.4 Å². The van der Waals surface area contributed by atoms with E-state index in [1.54, 1.807) is 23.9 Å². The zero-order valence-electron chi connectivity index (χ0n) is 12.7. The fourth-order valence-corrected chi connectivity index (χ4v) is 3.10. The Bertz CT molecular complexity index is 703. The topological polar surface area (TPSA) is 45.5 Å². The highest BCUT2D eigenvalue weighted by Gasteiger charge is 2.38. The fraction of sp³-hybridized carbons (Fsp3) is 0.353. The van der Waals surface area contributed by atoms with Gasteiger partial charge in [0.15, 0.2) is 0 Å². The zero-order valence-corrected chi connectivity index (χ0v) is 12.7. The second-order valence-corrected chi connectivity index (χ2v) is 5.87. The lowest BCUT2D eigenvalue weighted by Gasteiger charge is -2.28. The summed E-state index contributed by atoms with van der Waals surface area (Å²) in [6, 6.07) is 5.67. The number of rotatable bonds is 3. The van der Waals surface area contributed by atoms with Crippen LogP contribution in [0.1, 0.15) is 31.0 Å². The van der Waals surface area contributed by atoms with Crippen molar-refractivity contribution in [3.63, 3.8) is 0 Å². The molecule has 1 aliphatic heterocycles. The van der Waals surface area contributed by atoms with Gasteiger partial charge in [0.05, 0.1) is 12.1 Å². The van der Waals surface area contributed by atoms with Crippen molar-refractivity contribution in [3.8, 4) is 0 Å². The first-order valence-corrected chi connectivity index (χ1v) is 7.53. The maximum atomic E-state index is 14.1. The Morgan fingerprint density at radius 1 is 1.30 bits per heavy atom. The molecule has 0 bridgehead atoms. The summed E-state index contributed by atoms with van der Waals surface area (Å²) in [6.07, 6.45) is 2.99. The number of amides is 1. The molecule has 1 aromatic carbocycles. The third kappa shape index (κ3) is 2.99. The molecule has 6 heteroatoms. The van der Waals surface area contributed by atoms with Crippen LogP contribution in [0.15, 0.2) is 42.7 Å². The second-order valence-electron chi connectivity index (χ2n) is 5.87. The number of halogens is 2. The standard InChI is InChI=1S/C17H18F2N2O2/c1-11(20-6-2-3-7-20)17(23)21-10-13(22)9-16(21)14-8-12(18)4-5-15(14)19/h2-8,11,13,16,22H,9-10H2,1H3. The predicted molar refractivity (Wildman–Crippen MR) is 80.6 cm³/mol. The van der Waals surface area contributed by atoms with E-state index in [1.165, 1.54) is 4.90 Å². The minimum Gasteiger partial charge on any atom is -0.391 e. The minimum absolute atomic E-state index is 0.106. The van der Waals surface area contributed by atoms with Crippen LogP contribution in [0, 0.1) is 11.6 Å². The molecule has 0 aliphatic carbocycles. The lowest BCUT2D eigenvalue weighted by molar-refractivity contribution is -0.135. The van der Waals surface area contributed by atoms with Crippen LogP contribution in [0.5, 0.6) is 0 Å². The number of carbonyl (C=O) groups excluding carboxylic acids is 1. The van der Waals surface area contributed by atoms with E-state index in [1.807, 2.05) is 12.1 Å². The van der Waals surface area contributed by atoms with Crippen molar-refractivity contribution in [2.24, 2.45) is 0 Å². The van der Waals surface area contributed by atoms with Gasteiger partial charge in [-0.1, -0.05) is 0 Å². The zero-order chi connectivity index (χ0) is 16.6. The number of hydrogen-bond acceptors (Lipinski definition) is 2. The van der Waals surface area contributed by atoms with Crippen LogP contribution in [0.4, 0.5) is 8.78 Å². The van der Waals surface area contributed by atoms with Crippen LogP contribution in [0.3, 0.4) is 0 Å². The van der Waals surface area contributed by atoms with Crippen LogP contribution < -0.4 is 0 Å². The highest BCUT2D eigenvalue weighted by Crippen LogP contribution is 2.35. The molecule has 2 aromatic rings. The number of aliphatic hydroxyl groups is 1. The van der Waals surface area contributed by atoms with E-state index in [2.05, 4.69) is 0 Å². The third-order valence-corrected chi connectivity index (χ3v) is 4.31. The van der Waals surface area contributed by atoms with E-state index >= 15 is 0 Å². The molecular weight excluding hydrogens is 302 g/mol. The number of hydrogen-bond donors (Lipinski definition) is 1. The molecule has 4 nitrogen and oxygen atoms in total. The highest BCUT2D eigenvalue weighted by atomic mass is 19.1. The number of carbonyl (C=O) groups is 1. The van der Waals surface area contributed by atoms with Gasteiger partial charge >= 0.3 is 0 Å². The molecule has 0 spiro atoms. The van der Waals surface area contributed by atoms with Crippen LogP contribution in [-0.2, 0) is 4.79 Å². The monoisotopic (exact) mass is 320 g/mol. The maximum absolute atomic E-state index is 14.1. The normalized spacial score (nSPS) is 22.3. The van der Waals surface area contributed by atoms with Crippen molar-refractivity contribution in [3.05, 3.63) is 59.9 Å². The number of aliphatic hydroxyl groups excluding tert-OH is 1. The first-order chi connectivity index (χ1) is 11.0. The molecule has 1 aliphatic rings. The van der Waals surface area contributed by atoms with Crippen molar-refractivity contribution in [2.75, 3.05) is 6.54 Å². The second kappa shape index (κ2) is 6.12. The van der Waals surface area contributed by atoms with Gasteiger partial charge in [0, 0.05) is 24.5 Å². The van der Waals surface area contributed by atoms with Gasteiger partial charge < -0.3 is 14.6 Å². The minimum atomic E-state index is -0.747. The highest BCUT2D eigenvalue weighted by molar-refractivity contribution is 5.81. The van der Waals surface area contributed by atoms with Gasteiger partial charge in [-0.2, -0.15) is 0 Å². The Morgan fingerprint density at radius 3 is 2.70 bits per heavy atom. The van der Waals surface area contributed by atoms with Crippen LogP contribution in [-0.4, -0.2) is 33.1 Å². The summed E-state index contributed by atoms with van der Waals surface area (Å²) in [5, 5.41) is 9.94. The van der Waals surface area contributed by atoms with Gasteiger partial charge in [-0.15, -0.1) is 0 Å². The van der Waals surface area contributed by atoms with Crippen molar-refractivity contribution < 1.29 is 18.7 Å².